The Balaban J connectivity index is 2.61. The van der Waals surface area contributed by atoms with Crippen molar-refractivity contribution in [2.45, 2.75) is 0 Å². The van der Waals surface area contributed by atoms with Crippen molar-refractivity contribution >= 4 is 24.4 Å². The zero-order valence-corrected chi connectivity index (χ0v) is 9.71. The maximum Gasteiger partial charge on any atom is 0.390 e. The van der Waals surface area contributed by atoms with E-state index in [0.717, 1.165) is 16.8 Å². The van der Waals surface area contributed by atoms with E-state index in [1.54, 1.807) is 12.1 Å². The van der Waals surface area contributed by atoms with Gasteiger partial charge in [-0.15, -0.1) is 0 Å². The molecule has 17 heavy (non-hydrogen) atoms. The van der Waals surface area contributed by atoms with Crippen LogP contribution in [0.3, 0.4) is 0 Å². The number of aliphatic hydroxyl groups excluding tert-OH is 1. The zero-order chi connectivity index (χ0) is 12.5. The number of aliphatic hydroxyl groups is 1. The molecule has 0 unspecified atom stereocenters. The lowest BCUT2D eigenvalue weighted by molar-refractivity contribution is 0.339. The molecule has 0 amide bonds. The van der Waals surface area contributed by atoms with Gasteiger partial charge in [0.1, 0.15) is 0 Å². The Kier molecular flexibility index (Phi) is 3.03. The fourth-order valence-corrected chi connectivity index (χ4v) is 1.91. The molecule has 0 spiro atoms. The maximum atomic E-state index is 10.8. The van der Waals surface area contributed by atoms with Crippen LogP contribution in [0.1, 0.15) is 5.56 Å². The number of rotatable bonds is 2. The Morgan fingerprint density at radius 1 is 1.06 bits per heavy atom. The van der Waals surface area contributed by atoms with Crippen molar-refractivity contribution in [3.8, 4) is 0 Å². The van der Waals surface area contributed by atoms with E-state index in [9.17, 15) is 9.67 Å². The molecule has 0 aliphatic heterocycles. The van der Waals surface area contributed by atoms with E-state index in [2.05, 4.69) is 0 Å². The highest BCUT2D eigenvalue weighted by Crippen LogP contribution is 2.44. The molecule has 0 heterocycles. The van der Waals surface area contributed by atoms with Crippen molar-refractivity contribution in [1.29, 1.82) is 0 Å². The molecule has 3 N–H and O–H groups in total. The second kappa shape index (κ2) is 4.34. The molecule has 2 aromatic rings. The monoisotopic (exact) mass is 250 g/mol. The molecule has 4 nitrogen and oxygen atoms in total. The van der Waals surface area contributed by atoms with E-state index < -0.39 is 13.1 Å². The number of hydrogen-bond acceptors (Lipinski definition) is 2. The van der Waals surface area contributed by atoms with Crippen molar-refractivity contribution in [2.24, 2.45) is 0 Å². The highest BCUT2D eigenvalue weighted by Gasteiger charge is 2.19. The van der Waals surface area contributed by atoms with E-state index in [4.69, 9.17) is 9.79 Å². The highest BCUT2D eigenvalue weighted by molar-refractivity contribution is 7.56. The summed E-state index contributed by atoms with van der Waals surface area (Å²) < 4.78 is 10.8. The smallest absolute Gasteiger partial charge is 0.390 e. The van der Waals surface area contributed by atoms with Gasteiger partial charge in [0, 0.05) is 0 Å². The number of fused-ring (bicyclic) bond motifs is 1. The largest absolute Gasteiger partial charge is 0.501 e. The molecule has 0 aromatic heterocycles. The van der Waals surface area contributed by atoms with Gasteiger partial charge < -0.3 is 14.9 Å². The first-order valence-corrected chi connectivity index (χ1v) is 6.54. The van der Waals surface area contributed by atoms with Gasteiger partial charge in [-0.2, -0.15) is 0 Å². The summed E-state index contributed by atoms with van der Waals surface area (Å²) in [5.41, 5.74) is -0.349. The SMILES string of the molecule is O=P(O)(O)/C(O)=C/c1cccc2ccccc12. The van der Waals surface area contributed by atoms with E-state index in [-0.39, 0.29) is 0 Å². The third kappa shape index (κ3) is 2.56. The quantitative estimate of drug-likeness (QED) is 0.565. The molecule has 0 saturated carbocycles. The van der Waals surface area contributed by atoms with Crippen LogP contribution in [-0.2, 0) is 4.57 Å². The van der Waals surface area contributed by atoms with Gasteiger partial charge in [-0.1, -0.05) is 42.5 Å². The van der Waals surface area contributed by atoms with Gasteiger partial charge in [0.15, 0.2) is 0 Å². The van der Waals surface area contributed by atoms with Crippen LogP contribution < -0.4 is 0 Å². The molecule has 5 heteroatoms. The molecule has 0 atom stereocenters. The van der Waals surface area contributed by atoms with Gasteiger partial charge in [0.2, 0.25) is 5.50 Å². The maximum absolute atomic E-state index is 10.8. The van der Waals surface area contributed by atoms with Crippen LogP contribution in [0.4, 0.5) is 0 Å². The lowest BCUT2D eigenvalue weighted by atomic mass is 10.0. The standard InChI is InChI=1S/C12H11O4P/c13-12(17(14,15)16)8-10-6-3-5-9-4-1-2-7-11(9)10/h1-8,13H,(H2,14,15,16)/b12-8+. The summed E-state index contributed by atoms with van der Waals surface area (Å²) in [6, 6.07) is 12.8. The fraction of sp³-hybridized carbons (Fsp3) is 0. The van der Waals surface area contributed by atoms with Crippen molar-refractivity contribution < 1.29 is 19.5 Å². The third-order valence-corrected chi connectivity index (χ3v) is 3.13. The van der Waals surface area contributed by atoms with E-state index in [1.807, 2.05) is 30.3 Å². The van der Waals surface area contributed by atoms with Crippen LogP contribution in [-0.4, -0.2) is 14.9 Å². The van der Waals surface area contributed by atoms with Gasteiger partial charge in [0.05, 0.1) is 0 Å². The number of benzene rings is 2. The Labute approximate surface area is 98.0 Å². The van der Waals surface area contributed by atoms with Crippen molar-refractivity contribution in [2.75, 3.05) is 0 Å². The second-order valence-electron chi connectivity index (χ2n) is 3.61. The van der Waals surface area contributed by atoms with E-state index in [1.165, 1.54) is 0 Å². The number of hydrogen-bond donors (Lipinski definition) is 3. The minimum absolute atomic E-state index is 0.573. The molecule has 2 aromatic carbocycles. The average Bonchev–Trinajstić information content (AvgIpc) is 2.28. The predicted octanol–water partition coefficient (Wildman–Crippen LogP) is 2.87. The van der Waals surface area contributed by atoms with Crippen molar-refractivity contribution in [1.82, 2.24) is 0 Å². The summed E-state index contributed by atoms with van der Waals surface area (Å²) in [6.45, 7) is 0. The molecule has 2 rings (SSSR count). The Morgan fingerprint density at radius 2 is 1.71 bits per heavy atom. The lowest BCUT2D eigenvalue weighted by Crippen LogP contribution is -1.85. The van der Waals surface area contributed by atoms with Gasteiger partial charge in [-0.25, -0.2) is 0 Å². The van der Waals surface area contributed by atoms with Crippen molar-refractivity contribution in [3.05, 3.63) is 53.5 Å². The molecule has 0 radical (unpaired) electrons. The van der Waals surface area contributed by atoms with Crippen LogP contribution in [0.5, 0.6) is 0 Å². The minimum atomic E-state index is -4.58. The Morgan fingerprint density at radius 3 is 2.41 bits per heavy atom. The molecule has 0 bridgehead atoms. The first-order valence-electron chi connectivity index (χ1n) is 4.93. The summed E-state index contributed by atoms with van der Waals surface area (Å²) in [5, 5.41) is 11.1. The average molecular weight is 250 g/mol. The highest BCUT2D eigenvalue weighted by atomic mass is 31.2. The van der Waals surface area contributed by atoms with Crippen LogP contribution in [0.15, 0.2) is 48.0 Å². The minimum Gasteiger partial charge on any atom is -0.501 e. The third-order valence-electron chi connectivity index (χ3n) is 2.41. The summed E-state index contributed by atoms with van der Waals surface area (Å²) in [6.07, 6.45) is 1.10. The molecule has 0 aliphatic carbocycles. The van der Waals surface area contributed by atoms with Crippen LogP contribution in [0, 0.1) is 0 Å². The molecule has 0 aliphatic rings. The van der Waals surface area contributed by atoms with Crippen LogP contribution >= 0.6 is 7.60 Å². The molecule has 0 saturated heterocycles. The molecule has 88 valence electrons. The summed E-state index contributed by atoms with van der Waals surface area (Å²) >= 11 is 0. The first kappa shape index (κ1) is 11.9. The molecular formula is C12H11O4P. The Hall–Kier alpha value is -1.61. The first-order chi connectivity index (χ1) is 7.98. The predicted molar refractivity (Wildman–Crippen MR) is 66.6 cm³/mol. The summed E-state index contributed by atoms with van der Waals surface area (Å²) in [5.74, 6) is 0. The topological polar surface area (TPSA) is 77.8 Å². The molecular weight excluding hydrogens is 239 g/mol. The normalized spacial score (nSPS) is 12.9. The summed E-state index contributed by atoms with van der Waals surface area (Å²) in [4.78, 5) is 17.6. The lowest BCUT2D eigenvalue weighted by Gasteiger charge is -2.04. The fourth-order valence-electron chi connectivity index (χ4n) is 1.60. The van der Waals surface area contributed by atoms with Gasteiger partial charge >= 0.3 is 7.60 Å². The van der Waals surface area contributed by atoms with Gasteiger partial charge in [-0.05, 0) is 22.4 Å². The van der Waals surface area contributed by atoms with Crippen LogP contribution in [0.2, 0.25) is 0 Å². The Bertz CT molecular complexity index is 622. The van der Waals surface area contributed by atoms with Crippen LogP contribution in [0.25, 0.3) is 16.8 Å². The van der Waals surface area contributed by atoms with Gasteiger partial charge in [0.25, 0.3) is 0 Å². The summed E-state index contributed by atoms with van der Waals surface area (Å²) in [7, 11) is -4.58. The zero-order valence-electron chi connectivity index (χ0n) is 8.82. The van der Waals surface area contributed by atoms with E-state index >= 15 is 0 Å². The van der Waals surface area contributed by atoms with Crippen molar-refractivity contribution in [3.63, 3.8) is 0 Å². The second-order valence-corrected chi connectivity index (χ2v) is 5.16. The van der Waals surface area contributed by atoms with E-state index in [0.29, 0.717) is 5.56 Å². The van der Waals surface area contributed by atoms with Gasteiger partial charge in [-0.3, -0.25) is 4.57 Å². The molecule has 0 fully saturated rings.